The van der Waals surface area contributed by atoms with E-state index in [1.165, 1.54) is 0 Å². The van der Waals surface area contributed by atoms with Gasteiger partial charge in [-0.15, -0.1) is 5.57 Å². The van der Waals surface area contributed by atoms with Gasteiger partial charge in [-0.2, -0.15) is 44.1 Å². The van der Waals surface area contributed by atoms with Crippen LogP contribution in [0.25, 0.3) is 11.0 Å². The van der Waals surface area contributed by atoms with Crippen LogP contribution in [0.1, 0.15) is 23.1 Å². The fourth-order valence-corrected chi connectivity index (χ4v) is 2.01. The van der Waals surface area contributed by atoms with E-state index in [4.69, 9.17) is 17.1 Å². The van der Waals surface area contributed by atoms with Crippen LogP contribution in [0.5, 0.6) is 0 Å². The monoisotopic (exact) mass is 413 g/mol. The van der Waals surface area contributed by atoms with Crippen molar-refractivity contribution >= 4 is 17.8 Å². The van der Waals surface area contributed by atoms with Crippen molar-refractivity contribution in [3.8, 4) is 0 Å². The molecular weight excluding hydrogens is 403 g/mol. The van der Waals surface area contributed by atoms with Crippen LogP contribution < -0.4 is 51.4 Å². The topological polar surface area (TPSA) is 59.6 Å². The zero-order valence-electron chi connectivity index (χ0n) is 13.8. The molecule has 0 heterocycles. The van der Waals surface area contributed by atoms with Crippen molar-refractivity contribution in [3.05, 3.63) is 70.7 Å². The van der Waals surface area contributed by atoms with Crippen LogP contribution in [0.15, 0.2) is 35.9 Å². The van der Waals surface area contributed by atoms with Gasteiger partial charge in [-0.3, -0.25) is 11.4 Å². The number of benzene rings is 1. The van der Waals surface area contributed by atoms with Crippen LogP contribution in [0.3, 0.4) is 0 Å². The normalized spacial score (nSPS) is 13.0. The van der Waals surface area contributed by atoms with E-state index in [1.54, 1.807) is 0 Å². The van der Waals surface area contributed by atoms with Crippen LogP contribution in [0.4, 0.5) is 26.3 Å². The third kappa shape index (κ3) is 7.38. The molecule has 0 unspecified atom stereocenters. The molecule has 0 spiro atoms. The van der Waals surface area contributed by atoms with Crippen molar-refractivity contribution < 1.29 is 87.6 Å². The number of alkyl halides is 6. The van der Waals surface area contributed by atoms with Gasteiger partial charge in [0.15, 0.2) is 0 Å². The Hall–Kier alpha value is -1.20. The van der Waals surface area contributed by atoms with E-state index < -0.39 is 47.0 Å². The van der Waals surface area contributed by atoms with Crippen molar-refractivity contribution in [3.63, 3.8) is 0 Å². The predicted octanol–water partition coefficient (Wildman–Crippen LogP) is 1.95. The molecule has 140 valence electrons. The standard InChI is InChI=1S/C17H10F6NO2.K/c1-2-11(7-6-10(9-24)8-14(25)26)15-12(16(18,19)20)4-3-5-13(15)17(21,22)23;/h1-5,7,9H,8H2,(H,25,26);/q-3;+1/b11-7+;. The molecule has 0 aliphatic rings. The van der Waals surface area contributed by atoms with E-state index in [0.717, 1.165) is 0 Å². The predicted molar refractivity (Wildman–Crippen MR) is 81.7 cm³/mol. The molecule has 0 aliphatic carbocycles. The number of carboxylic acid groups (broad SMARTS) is 1. The summed E-state index contributed by atoms with van der Waals surface area (Å²) in [6.07, 6.45) is -7.36. The van der Waals surface area contributed by atoms with Crippen LogP contribution in [0, 0.1) is 12.7 Å². The Morgan fingerprint density at radius 1 is 1.15 bits per heavy atom. The Balaban J connectivity index is 0.00000676. The average molecular weight is 413 g/mol. The molecule has 10 heteroatoms. The minimum atomic E-state index is -5.10. The first-order valence-electron chi connectivity index (χ1n) is 6.76. The largest absolute Gasteiger partial charge is 1.00 e. The number of aliphatic carboxylic acids is 1. The molecule has 1 N–H and O–H groups in total. The first kappa shape index (κ1) is 25.8. The second kappa shape index (κ2) is 10.4. The zero-order chi connectivity index (χ0) is 20.1. The van der Waals surface area contributed by atoms with Crippen LogP contribution >= 0.6 is 0 Å². The number of rotatable bonds is 6. The summed E-state index contributed by atoms with van der Waals surface area (Å²) in [6, 6.07) is 1.53. The van der Waals surface area contributed by atoms with Gasteiger partial charge in [0.2, 0.25) is 0 Å². The molecule has 1 aromatic carbocycles. The van der Waals surface area contributed by atoms with Gasteiger partial charge in [0.25, 0.3) is 0 Å². The molecule has 0 aromatic heterocycles. The smallest absolute Gasteiger partial charge is 0.878 e. The fourth-order valence-electron chi connectivity index (χ4n) is 2.01. The van der Waals surface area contributed by atoms with E-state index in [2.05, 4.69) is 6.08 Å². The van der Waals surface area contributed by atoms with Gasteiger partial charge in [-0.1, -0.05) is 23.8 Å². The maximum Gasteiger partial charge on any atom is 1.00 e. The molecule has 0 saturated heterocycles. The molecule has 0 bridgehead atoms. The molecule has 0 aliphatic heterocycles. The van der Waals surface area contributed by atoms with Gasteiger partial charge < -0.3 is 16.7 Å². The van der Waals surface area contributed by atoms with Crippen molar-refractivity contribution in [2.45, 2.75) is 18.8 Å². The maximum absolute atomic E-state index is 13.2. The summed E-state index contributed by atoms with van der Waals surface area (Å²) in [6.45, 7) is 5.19. The van der Waals surface area contributed by atoms with E-state index >= 15 is 0 Å². The Morgan fingerprint density at radius 2 is 1.63 bits per heavy atom. The van der Waals surface area contributed by atoms with Gasteiger partial charge >= 0.3 is 69.7 Å². The molecule has 27 heavy (non-hydrogen) atoms. The maximum atomic E-state index is 13.2. The van der Waals surface area contributed by atoms with E-state index in [0.29, 0.717) is 36.6 Å². The van der Waals surface area contributed by atoms with Gasteiger partial charge in [0.05, 0.1) is 11.1 Å². The Bertz CT molecular complexity index is 746. The molecule has 1 aromatic rings. The summed E-state index contributed by atoms with van der Waals surface area (Å²) in [4.78, 5) is 10.6. The van der Waals surface area contributed by atoms with Crippen molar-refractivity contribution in [1.29, 1.82) is 0 Å². The summed E-state index contributed by atoms with van der Waals surface area (Å²) in [7, 11) is 0. The van der Waals surface area contributed by atoms with E-state index in [1.807, 2.05) is 0 Å². The summed E-state index contributed by atoms with van der Waals surface area (Å²) in [5.41, 5.74) is -5.45. The first-order valence-corrected chi connectivity index (χ1v) is 6.76. The number of carbonyl (C=O) groups is 1. The summed E-state index contributed by atoms with van der Waals surface area (Å²) in [5.74, 6) is -1.39. The summed E-state index contributed by atoms with van der Waals surface area (Å²) in [5, 5.41) is 17.5. The minimum absolute atomic E-state index is 0. The minimum Gasteiger partial charge on any atom is -0.878 e. The second-order valence-electron chi connectivity index (χ2n) is 4.86. The van der Waals surface area contributed by atoms with Crippen molar-refractivity contribution in [2.75, 3.05) is 0 Å². The number of allylic oxidation sites excluding steroid dienone is 4. The fraction of sp³-hybridized carbons (Fsp3) is 0.176. The summed E-state index contributed by atoms with van der Waals surface area (Å²) >= 11 is 0. The van der Waals surface area contributed by atoms with Gasteiger partial charge in [-0.05, 0) is 0 Å². The third-order valence-corrected chi connectivity index (χ3v) is 3.05. The number of hydrogen-bond acceptors (Lipinski definition) is 1. The average Bonchev–Trinajstić information content (AvgIpc) is 2.51. The zero-order valence-corrected chi connectivity index (χ0v) is 16.9. The Kier molecular flexibility index (Phi) is 9.91. The number of hydrogen-bond donors (Lipinski definition) is 1. The number of nitrogens with zero attached hydrogens (tertiary/aromatic N) is 1. The number of carboxylic acids is 1. The van der Waals surface area contributed by atoms with Gasteiger partial charge in [0.1, 0.15) is 0 Å². The SMILES string of the molecule is [CH-]=C/C(=C\[C-]=C(C=[N-])CC(=O)O)c1c(C(F)(F)F)cccc1C(F)(F)F.[K+]. The molecular formula is C17H10F6KNO2-2. The second-order valence-corrected chi connectivity index (χ2v) is 4.86. The molecule has 3 nitrogen and oxygen atoms in total. The van der Waals surface area contributed by atoms with Crippen molar-refractivity contribution in [1.82, 2.24) is 0 Å². The van der Waals surface area contributed by atoms with Crippen LogP contribution in [0.2, 0.25) is 0 Å². The van der Waals surface area contributed by atoms with E-state index in [-0.39, 0.29) is 57.0 Å². The van der Waals surface area contributed by atoms with Crippen LogP contribution in [-0.2, 0) is 17.1 Å². The molecule has 0 saturated carbocycles. The molecule has 0 atom stereocenters. The number of halogens is 6. The quantitative estimate of drug-likeness (QED) is 0.255. The summed E-state index contributed by atoms with van der Waals surface area (Å²) < 4.78 is 78.9. The van der Waals surface area contributed by atoms with E-state index in [9.17, 15) is 31.1 Å². The molecule has 1 rings (SSSR count). The van der Waals surface area contributed by atoms with Gasteiger partial charge in [-0.25, -0.2) is 6.08 Å². The molecule has 0 amide bonds. The van der Waals surface area contributed by atoms with Gasteiger partial charge in [0, 0.05) is 6.42 Å². The van der Waals surface area contributed by atoms with Crippen molar-refractivity contribution in [2.24, 2.45) is 0 Å². The third-order valence-electron chi connectivity index (χ3n) is 3.05. The Morgan fingerprint density at radius 3 is 1.96 bits per heavy atom. The molecule has 0 fully saturated rings. The van der Waals surface area contributed by atoms with Crippen LogP contribution in [-0.4, -0.2) is 17.3 Å². The first-order chi connectivity index (χ1) is 11.9. The molecule has 0 radical (unpaired) electrons. The Labute approximate surface area is 193 Å².